The Labute approximate surface area is 200 Å². The van der Waals surface area contributed by atoms with Gasteiger partial charge in [-0.1, -0.05) is 31.0 Å². The van der Waals surface area contributed by atoms with E-state index in [-0.39, 0.29) is 29.5 Å². The third-order valence-electron chi connectivity index (χ3n) is 5.65. The van der Waals surface area contributed by atoms with Gasteiger partial charge in [-0.25, -0.2) is 12.8 Å². The van der Waals surface area contributed by atoms with Gasteiger partial charge < -0.3 is 10.6 Å². The second-order valence-electron chi connectivity index (χ2n) is 8.23. The van der Waals surface area contributed by atoms with E-state index in [4.69, 9.17) is 0 Å². The van der Waals surface area contributed by atoms with Crippen LogP contribution >= 0.6 is 0 Å². The maximum absolute atomic E-state index is 13.6. The first-order valence-electron chi connectivity index (χ1n) is 11.4. The highest BCUT2D eigenvalue weighted by Gasteiger charge is 2.24. The van der Waals surface area contributed by atoms with E-state index in [9.17, 15) is 22.4 Å². The van der Waals surface area contributed by atoms with Crippen LogP contribution in [-0.2, 0) is 14.8 Å². The molecule has 0 aliphatic carbocycles. The van der Waals surface area contributed by atoms with Crippen LogP contribution in [-0.4, -0.2) is 50.7 Å². The zero-order valence-corrected chi connectivity index (χ0v) is 20.0. The molecule has 0 spiro atoms. The van der Waals surface area contributed by atoms with Gasteiger partial charge in [0, 0.05) is 37.8 Å². The fourth-order valence-corrected chi connectivity index (χ4v) is 5.13. The normalized spacial score (nSPS) is 15.1. The smallest absolute Gasteiger partial charge is 0.251 e. The number of nitrogens with zero attached hydrogens (tertiary/aromatic N) is 1. The summed E-state index contributed by atoms with van der Waals surface area (Å²) in [5, 5.41) is 5.27. The highest BCUT2D eigenvalue weighted by molar-refractivity contribution is 7.89. The van der Waals surface area contributed by atoms with Crippen LogP contribution in [0.2, 0.25) is 0 Å². The van der Waals surface area contributed by atoms with E-state index in [1.165, 1.54) is 18.2 Å². The van der Waals surface area contributed by atoms with Gasteiger partial charge in [0.1, 0.15) is 5.82 Å². The number of sulfonamides is 1. The first-order valence-corrected chi connectivity index (χ1v) is 12.8. The lowest BCUT2D eigenvalue weighted by molar-refractivity contribution is -0.116. The number of nitrogens with one attached hydrogen (secondary N) is 2. The first kappa shape index (κ1) is 25.6. The Bertz CT molecular complexity index is 1140. The van der Waals surface area contributed by atoms with Crippen molar-refractivity contribution < 1.29 is 22.4 Å². The molecule has 7 nitrogen and oxygen atoms in total. The molecule has 1 heterocycles. The quantitative estimate of drug-likeness (QED) is 0.441. The van der Waals surface area contributed by atoms with Crippen molar-refractivity contribution in [3.8, 4) is 0 Å². The average Bonchev–Trinajstić information content (AvgIpc) is 3.13. The van der Waals surface area contributed by atoms with E-state index in [2.05, 4.69) is 10.6 Å². The number of carbonyl (C=O) groups is 2. The molecule has 0 saturated carbocycles. The summed E-state index contributed by atoms with van der Waals surface area (Å²) < 4.78 is 40.8. The Morgan fingerprint density at radius 1 is 0.971 bits per heavy atom. The highest BCUT2D eigenvalue weighted by atomic mass is 32.2. The maximum atomic E-state index is 13.6. The summed E-state index contributed by atoms with van der Waals surface area (Å²) in [7, 11) is -3.51. The zero-order chi connectivity index (χ0) is 24.6. The monoisotopic (exact) mass is 487 g/mol. The molecule has 1 aliphatic heterocycles. The fourth-order valence-electron chi connectivity index (χ4n) is 3.61. The number of amides is 2. The minimum Gasteiger partial charge on any atom is -0.351 e. The summed E-state index contributed by atoms with van der Waals surface area (Å²) in [6.45, 7) is 3.11. The molecule has 0 unspecified atom stereocenters. The van der Waals surface area contributed by atoms with Crippen LogP contribution < -0.4 is 10.6 Å². The summed E-state index contributed by atoms with van der Waals surface area (Å²) in [5.74, 6) is -1.21. The summed E-state index contributed by atoms with van der Waals surface area (Å²) in [6, 6.07) is 10.7. The van der Waals surface area contributed by atoms with Crippen LogP contribution in [0.25, 0.3) is 6.08 Å². The average molecular weight is 488 g/mol. The van der Waals surface area contributed by atoms with Gasteiger partial charge in [0.15, 0.2) is 0 Å². The van der Waals surface area contributed by atoms with Gasteiger partial charge in [0.05, 0.1) is 4.90 Å². The van der Waals surface area contributed by atoms with Crippen LogP contribution in [0.3, 0.4) is 0 Å². The number of aryl methyl sites for hydroxylation is 1. The van der Waals surface area contributed by atoms with Crippen LogP contribution in [0.5, 0.6) is 0 Å². The summed E-state index contributed by atoms with van der Waals surface area (Å²) in [5.41, 5.74) is 1.37. The zero-order valence-electron chi connectivity index (χ0n) is 19.2. The van der Waals surface area contributed by atoms with Crippen molar-refractivity contribution in [2.75, 3.05) is 26.2 Å². The van der Waals surface area contributed by atoms with Crippen molar-refractivity contribution in [2.24, 2.45) is 0 Å². The molecule has 2 N–H and O–H groups in total. The molecule has 0 atom stereocenters. The van der Waals surface area contributed by atoms with Crippen molar-refractivity contribution in [3.05, 3.63) is 71.0 Å². The minimum atomic E-state index is -3.51. The van der Waals surface area contributed by atoms with Gasteiger partial charge in [-0.3, -0.25) is 9.59 Å². The van der Waals surface area contributed by atoms with Crippen molar-refractivity contribution in [1.82, 2.24) is 14.9 Å². The van der Waals surface area contributed by atoms with Gasteiger partial charge in [0.2, 0.25) is 15.9 Å². The molecular weight excluding hydrogens is 457 g/mol. The Hall–Kier alpha value is -3.04. The van der Waals surface area contributed by atoms with Gasteiger partial charge in [-0.05, 0) is 61.2 Å². The SMILES string of the molecule is Cc1ccc(C(=O)NCCNC(=O)/C=C/c2ccc(S(=O)(=O)N3CCCCCC3)cc2)cc1F. The Balaban J connectivity index is 1.45. The maximum Gasteiger partial charge on any atom is 0.251 e. The van der Waals surface area contributed by atoms with Crippen LogP contribution in [0.4, 0.5) is 4.39 Å². The van der Waals surface area contributed by atoms with Crippen LogP contribution in [0.1, 0.15) is 47.2 Å². The van der Waals surface area contributed by atoms with E-state index in [0.29, 0.717) is 24.2 Å². The molecule has 0 radical (unpaired) electrons. The number of halogens is 1. The molecule has 1 fully saturated rings. The lowest BCUT2D eigenvalue weighted by atomic mass is 10.1. The molecule has 182 valence electrons. The number of carbonyl (C=O) groups excluding carboxylic acids is 2. The van der Waals surface area contributed by atoms with E-state index in [0.717, 1.165) is 25.7 Å². The van der Waals surface area contributed by atoms with Gasteiger partial charge in [-0.2, -0.15) is 4.31 Å². The molecular formula is C25H30FN3O4S. The lowest BCUT2D eigenvalue weighted by Gasteiger charge is -2.19. The van der Waals surface area contributed by atoms with E-state index >= 15 is 0 Å². The summed E-state index contributed by atoms with van der Waals surface area (Å²) in [6.07, 6.45) is 6.79. The molecule has 1 aliphatic rings. The third-order valence-corrected chi connectivity index (χ3v) is 7.57. The molecule has 0 bridgehead atoms. The van der Waals surface area contributed by atoms with Gasteiger partial charge in [0.25, 0.3) is 5.91 Å². The summed E-state index contributed by atoms with van der Waals surface area (Å²) in [4.78, 5) is 24.3. The first-order chi connectivity index (χ1) is 16.3. The van der Waals surface area contributed by atoms with Crippen molar-refractivity contribution in [3.63, 3.8) is 0 Å². The summed E-state index contributed by atoms with van der Waals surface area (Å²) >= 11 is 0. The van der Waals surface area contributed by atoms with Crippen molar-refractivity contribution in [1.29, 1.82) is 0 Å². The molecule has 9 heteroatoms. The number of hydrogen-bond acceptors (Lipinski definition) is 4. The second kappa shape index (κ2) is 11.9. The Morgan fingerprint density at radius 2 is 1.62 bits per heavy atom. The Kier molecular flexibility index (Phi) is 8.95. The molecule has 2 aromatic carbocycles. The minimum absolute atomic E-state index is 0.191. The third kappa shape index (κ3) is 6.98. The molecule has 34 heavy (non-hydrogen) atoms. The molecule has 2 aromatic rings. The number of benzene rings is 2. The topological polar surface area (TPSA) is 95.6 Å². The number of hydrogen-bond donors (Lipinski definition) is 2. The second-order valence-corrected chi connectivity index (χ2v) is 10.2. The molecule has 2 amide bonds. The van der Waals surface area contributed by atoms with E-state index in [1.807, 2.05) is 0 Å². The largest absolute Gasteiger partial charge is 0.351 e. The predicted octanol–water partition coefficient (Wildman–Crippen LogP) is 3.26. The fraction of sp³-hybridized carbons (Fsp3) is 0.360. The number of rotatable bonds is 8. The predicted molar refractivity (Wildman–Crippen MR) is 129 cm³/mol. The Morgan fingerprint density at radius 3 is 2.26 bits per heavy atom. The molecule has 3 rings (SSSR count). The van der Waals surface area contributed by atoms with Crippen molar-refractivity contribution >= 4 is 27.9 Å². The van der Waals surface area contributed by atoms with Crippen LogP contribution in [0, 0.1) is 12.7 Å². The van der Waals surface area contributed by atoms with Crippen molar-refractivity contribution in [2.45, 2.75) is 37.5 Å². The molecule has 1 saturated heterocycles. The van der Waals surface area contributed by atoms with E-state index in [1.54, 1.807) is 47.6 Å². The highest BCUT2D eigenvalue weighted by Crippen LogP contribution is 2.21. The van der Waals surface area contributed by atoms with Crippen LogP contribution in [0.15, 0.2) is 53.4 Å². The van der Waals surface area contributed by atoms with E-state index < -0.39 is 21.7 Å². The van der Waals surface area contributed by atoms with Gasteiger partial charge >= 0.3 is 0 Å². The lowest BCUT2D eigenvalue weighted by Crippen LogP contribution is -2.34. The standard InChI is InChI=1S/C25H30FN3O4S/c1-19-6-10-21(18-23(19)26)25(31)28-15-14-27-24(30)13-9-20-7-11-22(12-8-20)34(32,33)29-16-4-2-3-5-17-29/h6-13,18H,2-5,14-17H2,1H3,(H,27,30)(H,28,31)/b13-9+. The van der Waals surface area contributed by atoms with Gasteiger partial charge in [-0.15, -0.1) is 0 Å². The molecule has 0 aromatic heterocycles.